The third-order valence-electron chi connectivity index (χ3n) is 1.66. The molecule has 0 saturated carbocycles. The Morgan fingerprint density at radius 2 is 1.91 bits per heavy atom. The zero-order valence-electron chi connectivity index (χ0n) is 6.94. The van der Waals surface area contributed by atoms with Crippen molar-refractivity contribution in [1.29, 1.82) is 0 Å². The summed E-state index contributed by atoms with van der Waals surface area (Å²) >= 11 is 5.92. The van der Waals surface area contributed by atoms with Crippen LogP contribution in [0, 0.1) is 13.8 Å². The minimum Gasteiger partial charge on any atom is -0.496 e. The van der Waals surface area contributed by atoms with Crippen LogP contribution in [-0.4, -0.2) is 7.11 Å². The van der Waals surface area contributed by atoms with Crippen molar-refractivity contribution in [3.63, 3.8) is 0 Å². The minimum atomic E-state index is 0.766. The lowest BCUT2D eigenvalue weighted by atomic mass is 10.1. The van der Waals surface area contributed by atoms with Gasteiger partial charge in [-0.2, -0.15) is 0 Å². The molecule has 0 spiro atoms. The largest absolute Gasteiger partial charge is 0.496 e. The van der Waals surface area contributed by atoms with Crippen molar-refractivity contribution in [3.05, 3.63) is 28.3 Å². The summed E-state index contributed by atoms with van der Waals surface area (Å²) < 4.78 is 5.12. The van der Waals surface area contributed by atoms with Gasteiger partial charge in [-0.05, 0) is 31.5 Å². The fraction of sp³-hybridized carbons (Fsp3) is 0.333. The highest BCUT2D eigenvalue weighted by atomic mass is 35.5. The molecule has 1 nitrogen and oxygen atoms in total. The summed E-state index contributed by atoms with van der Waals surface area (Å²) in [5.74, 6) is 0.856. The molecular formula is C9H11ClO. The first-order valence-corrected chi connectivity index (χ1v) is 3.83. The molecule has 0 heterocycles. The standard InChI is InChI=1S/C9H11ClO/c1-6-4-8(10)7(2)9(5-6)11-3/h4-5H,1-3H3. The second-order valence-electron chi connectivity index (χ2n) is 2.57. The van der Waals surface area contributed by atoms with Crippen LogP contribution in [0.4, 0.5) is 0 Å². The first kappa shape index (κ1) is 8.41. The van der Waals surface area contributed by atoms with Gasteiger partial charge in [-0.25, -0.2) is 0 Å². The summed E-state index contributed by atoms with van der Waals surface area (Å²) in [5, 5.41) is 0.766. The molecule has 0 aliphatic carbocycles. The molecule has 0 aromatic heterocycles. The second kappa shape index (κ2) is 3.14. The maximum atomic E-state index is 5.92. The van der Waals surface area contributed by atoms with Crippen LogP contribution in [0.1, 0.15) is 11.1 Å². The zero-order valence-corrected chi connectivity index (χ0v) is 7.70. The van der Waals surface area contributed by atoms with Gasteiger partial charge in [0.2, 0.25) is 0 Å². The average Bonchev–Trinajstić information content (AvgIpc) is 1.96. The number of hydrogen-bond acceptors (Lipinski definition) is 1. The Morgan fingerprint density at radius 3 is 2.45 bits per heavy atom. The van der Waals surface area contributed by atoms with Gasteiger partial charge in [0.05, 0.1) is 7.11 Å². The van der Waals surface area contributed by atoms with Crippen molar-refractivity contribution in [2.24, 2.45) is 0 Å². The van der Waals surface area contributed by atoms with Gasteiger partial charge in [0, 0.05) is 10.6 Å². The molecule has 0 atom stereocenters. The summed E-state index contributed by atoms with van der Waals surface area (Å²) in [5.41, 5.74) is 2.12. The lowest BCUT2D eigenvalue weighted by Gasteiger charge is -2.06. The van der Waals surface area contributed by atoms with Crippen LogP contribution >= 0.6 is 11.6 Å². The van der Waals surface area contributed by atoms with E-state index >= 15 is 0 Å². The molecule has 2 heteroatoms. The summed E-state index contributed by atoms with van der Waals surface area (Å²) in [6.45, 7) is 3.94. The molecule has 11 heavy (non-hydrogen) atoms. The van der Waals surface area contributed by atoms with Gasteiger partial charge < -0.3 is 4.74 Å². The van der Waals surface area contributed by atoms with Gasteiger partial charge >= 0.3 is 0 Å². The smallest absolute Gasteiger partial charge is 0.123 e. The van der Waals surface area contributed by atoms with E-state index in [1.807, 2.05) is 26.0 Å². The van der Waals surface area contributed by atoms with Crippen LogP contribution in [-0.2, 0) is 0 Å². The molecule has 0 saturated heterocycles. The van der Waals surface area contributed by atoms with Crippen LogP contribution in [0.25, 0.3) is 0 Å². The van der Waals surface area contributed by atoms with Crippen molar-refractivity contribution in [2.75, 3.05) is 7.11 Å². The molecule has 60 valence electrons. The van der Waals surface area contributed by atoms with Gasteiger partial charge in [0.25, 0.3) is 0 Å². The average molecular weight is 171 g/mol. The normalized spacial score (nSPS) is 9.82. The fourth-order valence-electron chi connectivity index (χ4n) is 0.995. The van der Waals surface area contributed by atoms with E-state index in [-0.39, 0.29) is 0 Å². The van der Waals surface area contributed by atoms with Crippen LogP contribution in [0.5, 0.6) is 5.75 Å². The third kappa shape index (κ3) is 1.66. The molecule has 0 bridgehead atoms. The van der Waals surface area contributed by atoms with Crippen molar-refractivity contribution >= 4 is 11.6 Å². The third-order valence-corrected chi connectivity index (χ3v) is 2.05. The molecule has 1 aromatic carbocycles. The molecule has 0 amide bonds. The number of ether oxygens (including phenoxy) is 1. The Kier molecular flexibility index (Phi) is 2.40. The van der Waals surface area contributed by atoms with Crippen molar-refractivity contribution in [1.82, 2.24) is 0 Å². The maximum absolute atomic E-state index is 5.92. The van der Waals surface area contributed by atoms with Crippen LogP contribution in [0.3, 0.4) is 0 Å². The Morgan fingerprint density at radius 1 is 1.27 bits per heavy atom. The quantitative estimate of drug-likeness (QED) is 0.630. The van der Waals surface area contributed by atoms with Crippen molar-refractivity contribution < 1.29 is 4.74 Å². The Hall–Kier alpha value is -0.690. The number of methoxy groups -OCH3 is 1. The summed E-state index contributed by atoms with van der Waals surface area (Å²) in [7, 11) is 1.65. The van der Waals surface area contributed by atoms with E-state index in [1.54, 1.807) is 7.11 Å². The monoisotopic (exact) mass is 170 g/mol. The van der Waals surface area contributed by atoms with E-state index in [0.717, 1.165) is 21.9 Å². The number of hydrogen-bond donors (Lipinski definition) is 0. The fourth-order valence-corrected chi connectivity index (χ4v) is 1.26. The predicted molar refractivity (Wildman–Crippen MR) is 47.5 cm³/mol. The van der Waals surface area contributed by atoms with Crippen LogP contribution in [0.2, 0.25) is 5.02 Å². The Balaban J connectivity index is 3.24. The highest BCUT2D eigenvalue weighted by Crippen LogP contribution is 2.26. The molecule has 0 aliphatic heterocycles. The molecule has 0 aliphatic rings. The van der Waals surface area contributed by atoms with Crippen LogP contribution in [0.15, 0.2) is 12.1 Å². The molecule has 0 N–H and O–H groups in total. The molecule has 1 rings (SSSR count). The van der Waals surface area contributed by atoms with Crippen molar-refractivity contribution in [3.8, 4) is 5.75 Å². The van der Waals surface area contributed by atoms with Gasteiger partial charge in [-0.3, -0.25) is 0 Å². The molecule has 0 fully saturated rings. The SMILES string of the molecule is COc1cc(C)cc(Cl)c1C. The molecule has 1 aromatic rings. The van der Waals surface area contributed by atoms with E-state index in [1.165, 1.54) is 0 Å². The zero-order chi connectivity index (χ0) is 8.43. The molecule has 0 radical (unpaired) electrons. The summed E-state index contributed by atoms with van der Waals surface area (Å²) in [4.78, 5) is 0. The summed E-state index contributed by atoms with van der Waals surface area (Å²) in [6.07, 6.45) is 0. The molecular weight excluding hydrogens is 160 g/mol. The number of halogens is 1. The maximum Gasteiger partial charge on any atom is 0.123 e. The van der Waals surface area contributed by atoms with E-state index in [0.29, 0.717) is 0 Å². The predicted octanol–water partition coefficient (Wildman–Crippen LogP) is 2.97. The first-order valence-electron chi connectivity index (χ1n) is 3.46. The number of benzene rings is 1. The Labute approximate surface area is 71.9 Å². The topological polar surface area (TPSA) is 9.23 Å². The van der Waals surface area contributed by atoms with Gasteiger partial charge in [-0.1, -0.05) is 11.6 Å². The van der Waals surface area contributed by atoms with Crippen molar-refractivity contribution in [2.45, 2.75) is 13.8 Å². The van der Waals surface area contributed by atoms with Gasteiger partial charge in [0.15, 0.2) is 0 Å². The Bertz CT molecular complexity index is 269. The lowest BCUT2D eigenvalue weighted by Crippen LogP contribution is -1.88. The van der Waals surface area contributed by atoms with Gasteiger partial charge in [-0.15, -0.1) is 0 Å². The number of rotatable bonds is 1. The van der Waals surface area contributed by atoms with E-state index < -0.39 is 0 Å². The lowest BCUT2D eigenvalue weighted by molar-refractivity contribution is 0.411. The highest BCUT2D eigenvalue weighted by Gasteiger charge is 2.02. The minimum absolute atomic E-state index is 0.766. The van der Waals surface area contributed by atoms with Crippen LogP contribution < -0.4 is 4.74 Å². The highest BCUT2D eigenvalue weighted by molar-refractivity contribution is 6.31. The molecule has 0 unspecified atom stereocenters. The van der Waals surface area contributed by atoms with E-state index in [9.17, 15) is 0 Å². The second-order valence-corrected chi connectivity index (χ2v) is 2.98. The van der Waals surface area contributed by atoms with Gasteiger partial charge in [0.1, 0.15) is 5.75 Å². The first-order chi connectivity index (χ1) is 5.15. The van der Waals surface area contributed by atoms with E-state index in [4.69, 9.17) is 16.3 Å². The number of aryl methyl sites for hydroxylation is 1. The summed E-state index contributed by atoms with van der Waals surface area (Å²) in [6, 6.07) is 3.90. The van der Waals surface area contributed by atoms with E-state index in [2.05, 4.69) is 0 Å².